The predicted octanol–water partition coefficient (Wildman–Crippen LogP) is 2.24. The van der Waals surface area contributed by atoms with Crippen molar-refractivity contribution >= 4 is 5.82 Å². The van der Waals surface area contributed by atoms with Crippen LogP contribution in [0, 0.1) is 0 Å². The van der Waals surface area contributed by atoms with Crippen LogP contribution in [0.3, 0.4) is 0 Å². The van der Waals surface area contributed by atoms with E-state index in [4.69, 9.17) is 4.74 Å². The second-order valence-corrected chi connectivity index (χ2v) is 2.97. The molecule has 16 heavy (non-hydrogen) atoms. The first-order valence-corrected chi connectivity index (χ1v) is 4.76. The summed E-state index contributed by atoms with van der Waals surface area (Å²) in [6.45, 7) is 2.02. The Morgan fingerprint density at radius 3 is 2.75 bits per heavy atom. The molecule has 1 N–H and O–H groups in total. The first-order valence-electron chi connectivity index (χ1n) is 4.76. The largest absolute Gasteiger partial charge is 0.478 e. The third-order valence-corrected chi connectivity index (χ3v) is 1.65. The summed E-state index contributed by atoms with van der Waals surface area (Å²) in [4.78, 5) is 7.56. The molecule has 0 saturated carbocycles. The smallest absolute Gasteiger partial charge is 0.390 e. The normalized spacial score (nSPS) is 11.2. The summed E-state index contributed by atoms with van der Waals surface area (Å²) in [5.74, 6) is 0.662. The van der Waals surface area contributed by atoms with E-state index in [0.717, 1.165) is 0 Å². The summed E-state index contributed by atoms with van der Waals surface area (Å²) in [7, 11) is 0. The van der Waals surface area contributed by atoms with Crippen LogP contribution in [0.2, 0.25) is 0 Å². The first-order chi connectivity index (χ1) is 7.51. The maximum absolute atomic E-state index is 11.9. The molecule has 1 aromatic heterocycles. The van der Waals surface area contributed by atoms with Crippen molar-refractivity contribution in [1.29, 1.82) is 0 Å². The number of nitrogens with one attached hydrogen (secondary N) is 1. The number of nitrogens with zero attached hydrogens (tertiary/aromatic N) is 2. The molecule has 0 atom stereocenters. The number of ether oxygens (including phenoxy) is 1. The molecule has 0 aliphatic rings. The molecule has 90 valence electrons. The molecule has 4 nitrogen and oxygen atoms in total. The van der Waals surface area contributed by atoms with Crippen molar-refractivity contribution in [3.8, 4) is 5.88 Å². The van der Waals surface area contributed by atoms with Crippen LogP contribution in [0.4, 0.5) is 19.0 Å². The molecule has 0 bridgehead atoms. The Labute approximate surface area is 90.9 Å². The number of hydrogen-bond donors (Lipinski definition) is 1. The Kier molecular flexibility index (Phi) is 4.33. The van der Waals surface area contributed by atoms with Crippen LogP contribution in [0.25, 0.3) is 0 Å². The summed E-state index contributed by atoms with van der Waals surface area (Å²) in [6.07, 6.45) is -3.83. The maximum atomic E-state index is 11.9. The van der Waals surface area contributed by atoms with Gasteiger partial charge in [-0.3, -0.25) is 0 Å². The fourth-order valence-electron chi connectivity index (χ4n) is 0.995. The van der Waals surface area contributed by atoms with E-state index in [0.29, 0.717) is 18.3 Å². The standard InChI is InChI=1S/C9H12F3N3O/c1-2-16-8-5-7(14-6-15-8)13-4-3-9(10,11)12/h5-6H,2-4H2,1H3,(H,13,14,15). The van der Waals surface area contributed by atoms with E-state index in [1.165, 1.54) is 12.4 Å². The van der Waals surface area contributed by atoms with Crippen LogP contribution in [0.1, 0.15) is 13.3 Å². The summed E-state index contributed by atoms with van der Waals surface area (Å²) < 4.78 is 40.7. The van der Waals surface area contributed by atoms with E-state index >= 15 is 0 Å². The van der Waals surface area contributed by atoms with E-state index in [1.54, 1.807) is 6.92 Å². The van der Waals surface area contributed by atoms with Crippen molar-refractivity contribution in [3.63, 3.8) is 0 Å². The lowest BCUT2D eigenvalue weighted by Crippen LogP contribution is -2.15. The molecule has 0 aliphatic heterocycles. The minimum atomic E-state index is -4.16. The highest BCUT2D eigenvalue weighted by molar-refractivity contribution is 5.36. The van der Waals surface area contributed by atoms with Crippen molar-refractivity contribution in [2.75, 3.05) is 18.5 Å². The highest BCUT2D eigenvalue weighted by Crippen LogP contribution is 2.19. The predicted molar refractivity (Wildman–Crippen MR) is 52.4 cm³/mol. The quantitative estimate of drug-likeness (QED) is 0.850. The molecule has 0 aliphatic carbocycles. The summed E-state index contributed by atoms with van der Waals surface area (Å²) in [6, 6.07) is 1.46. The average molecular weight is 235 g/mol. The van der Waals surface area contributed by atoms with Crippen LogP contribution in [0.5, 0.6) is 5.88 Å². The van der Waals surface area contributed by atoms with E-state index in [-0.39, 0.29) is 6.54 Å². The van der Waals surface area contributed by atoms with Crippen molar-refractivity contribution in [3.05, 3.63) is 12.4 Å². The topological polar surface area (TPSA) is 47.0 Å². The van der Waals surface area contributed by atoms with Gasteiger partial charge in [0.2, 0.25) is 5.88 Å². The third-order valence-electron chi connectivity index (χ3n) is 1.65. The second kappa shape index (κ2) is 5.53. The highest BCUT2D eigenvalue weighted by Gasteiger charge is 2.26. The van der Waals surface area contributed by atoms with E-state index in [9.17, 15) is 13.2 Å². The fourth-order valence-corrected chi connectivity index (χ4v) is 0.995. The summed E-state index contributed by atoms with van der Waals surface area (Å²) in [5.41, 5.74) is 0. The lowest BCUT2D eigenvalue weighted by atomic mass is 10.4. The van der Waals surface area contributed by atoms with Gasteiger partial charge in [-0.15, -0.1) is 0 Å². The Morgan fingerprint density at radius 2 is 2.12 bits per heavy atom. The van der Waals surface area contributed by atoms with Crippen LogP contribution in [-0.2, 0) is 0 Å². The molecule has 1 rings (SSSR count). The van der Waals surface area contributed by atoms with Gasteiger partial charge in [-0.2, -0.15) is 13.2 Å². The van der Waals surface area contributed by atoms with Gasteiger partial charge >= 0.3 is 6.18 Å². The summed E-state index contributed by atoms with van der Waals surface area (Å²) >= 11 is 0. The van der Waals surface area contributed by atoms with Crippen LogP contribution < -0.4 is 10.1 Å². The van der Waals surface area contributed by atoms with Crippen LogP contribution >= 0.6 is 0 Å². The van der Waals surface area contributed by atoms with Gasteiger partial charge in [0.05, 0.1) is 13.0 Å². The molecular weight excluding hydrogens is 223 g/mol. The zero-order chi connectivity index (χ0) is 12.0. The Hall–Kier alpha value is -1.53. The van der Waals surface area contributed by atoms with E-state index in [1.807, 2.05) is 0 Å². The Bertz CT molecular complexity index is 330. The maximum Gasteiger partial charge on any atom is 0.390 e. The molecule has 0 unspecified atom stereocenters. The van der Waals surface area contributed by atoms with Crippen molar-refractivity contribution in [2.24, 2.45) is 0 Å². The summed E-state index contributed by atoms with van der Waals surface area (Å²) in [5, 5.41) is 2.55. The van der Waals surface area contributed by atoms with Gasteiger partial charge in [0.25, 0.3) is 0 Å². The van der Waals surface area contributed by atoms with Crippen molar-refractivity contribution in [2.45, 2.75) is 19.5 Å². The molecule has 1 aromatic rings. The monoisotopic (exact) mass is 235 g/mol. The zero-order valence-electron chi connectivity index (χ0n) is 8.71. The molecule has 1 heterocycles. The highest BCUT2D eigenvalue weighted by atomic mass is 19.4. The number of rotatable bonds is 5. The molecule has 0 radical (unpaired) electrons. The zero-order valence-corrected chi connectivity index (χ0v) is 8.71. The SMILES string of the molecule is CCOc1cc(NCCC(F)(F)F)ncn1. The first kappa shape index (κ1) is 12.5. The van der Waals surface area contributed by atoms with Gasteiger partial charge in [-0.05, 0) is 6.92 Å². The van der Waals surface area contributed by atoms with E-state index < -0.39 is 12.6 Å². The molecule has 0 aromatic carbocycles. The minimum absolute atomic E-state index is 0.216. The van der Waals surface area contributed by atoms with Crippen LogP contribution in [0.15, 0.2) is 12.4 Å². The van der Waals surface area contributed by atoms with Gasteiger partial charge in [0.1, 0.15) is 12.1 Å². The van der Waals surface area contributed by atoms with Gasteiger partial charge in [-0.25, -0.2) is 9.97 Å². The molecule has 0 saturated heterocycles. The Balaban J connectivity index is 2.44. The number of anilines is 1. The minimum Gasteiger partial charge on any atom is -0.478 e. The fraction of sp³-hybridized carbons (Fsp3) is 0.556. The van der Waals surface area contributed by atoms with E-state index in [2.05, 4.69) is 15.3 Å². The lowest BCUT2D eigenvalue weighted by Gasteiger charge is -2.08. The molecule has 7 heteroatoms. The molecule has 0 amide bonds. The molecular formula is C9H12F3N3O. The van der Waals surface area contributed by atoms with Gasteiger partial charge < -0.3 is 10.1 Å². The Morgan fingerprint density at radius 1 is 1.38 bits per heavy atom. The molecule has 0 fully saturated rings. The third kappa shape index (κ3) is 4.81. The van der Waals surface area contributed by atoms with Gasteiger partial charge in [0.15, 0.2) is 0 Å². The molecule has 0 spiro atoms. The van der Waals surface area contributed by atoms with Crippen molar-refractivity contribution in [1.82, 2.24) is 9.97 Å². The van der Waals surface area contributed by atoms with Gasteiger partial charge in [-0.1, -0.05) is 0 Å². The number of hydrogen-bond acceptors (Lipinski definition) is 4. The van der Waals surface area contributed by atoms with Crippen LogP contribution in [-0.4, -0.2) is 29.3 Å². The number of halogens is 3. The number of alkyl halides is 3. The number of aromatic nitrogens is 2. The van der Waals surface area contributed by atoms with Crippen molar-refractivity contribution < 1.29 is 17.9 Å². The average Bonchev–Trinajstić information content (AvgIpc) is 2.17. The lowest BCUT2D eigenvalue weighted by molar-refractivity contribution is -0.131. The van der Waals surface area contributed by atoms with Gasteiger partial charge in [0, 0.05) is 12.6 Å². The second-order valence-electron chi connectivity index (χ2n) is 2.97.